The molecule has 98 valence electrons. The van der Waals surface area contributed by atoms with Gasteiger partial charge in [0.05, 0.1) is 23.1 Å². The fourth-order valence-electron chi connectivity index (χ4n) is 1.49. The lowest BCUT2D eigenvalue weighted by atomic mass is 10.2. The highest BCUT2D eigenvalue weighted by Crippen LogP contribution is 2.24. The van der Waals surface area contributed by atoms with Crippen LogP contribution in [0.1, 0.15) is 10.4 Å². The van der Waals surface area contributed by atoms with Gasteiger partial charge in [-0.2, -0.15) is 0 Å². The van der Waals surface area contributed by atoms with E-state index >= 15 is 0 Å². The third-order valence-electron chi connectivity index (χ3n) is 2.40. The number of carbonyl (C=O) groups is 1. The zero-order valence-corrected chi connectivity index (χ0v) is 11.2. The van der Waals surface area contributed by atoms with E-state index in [1.807, 2.05) is 0 Å². The maximum atomic E-state index is 12.9. The number of aromatic nitrogens is 1. The summed E-state index contributed by atoms with van der Waals surface area (Å²) in [5.74, 6) is 4.54. The van der Waals surface area contributed by atoms with Crippen molar-refractivity contribution in [2.24, 2.45) is 5.84 Å². The Labute approximate surface area is 117 Å². The van der Waals surface area contributed by atoms with Crippen molar-refractivity contribution >= 4 is 33.2 Å². The van der Waals surface area contributed by atoms with Crippen LogP contribution in [0.5, 0.6) is 0 Å². The second-order valence-corrected chi connectivity index (χ2v) is 4.50. The number of nitrogens with two attached hydrogens (primary N) is 1. The van der Waals surface area contributed by atoms with Crippen LogP contribution in [-0.4, -0.2) is 10.9 Å². The topological polar surface area (TPSA) is 80.0 Å². The first-order chi connectivity index (χ1) is 9.11. The predicted octanol–water partition coefficient (Wildman–Crippen LogP) is 2.52. The number of hydrogen-bond donors (Lipinski definition) is 3. The summed E-state index contributed by atoms with van der Waals surface area (Å²) in [5.41, 5.74) is 3.60. The van der Waals surface area contributed by atoms with Crippen molar-refractivity contribution in [1.82, 2.24) is 4.98 Å². The molecule has 0 bridgehead atoms. The molecule has 1 aromatic carbocycles. The Morgan fingerprint density at radius 1 is 1.32 bits per heavy atom. The molecule has 7 heteroatoms. The fraction of sp³-hybridized carbons (Fsp3) is 0. The molecule has 4 N–H and O–H groups in total. The molecule has 0 aliphatic carbocycles. The Kier molecular flexibility index (Phi) is 4.08. The van der Waals surface area contributed by atoms with Crippen LogP contribution in [-0.2, 0) is 0 Å². The number of nitrogen functional groups attached to an aromatic ring is 1. The van der Waals surface area contributed by atoms with Gasteiger partial charge in [-0.3, -0.25) is 15.6 Å². The van der Waals surface area contributed by atoms with Crippen molar-refractivity contribution in [3.05, 3.63) is 52.5 Å². The van der Waals surface area contributed by atoms with E-state index in [1.165, 1.54) is 36.7 Å². The number of anilines is 2. The largest absolute Gasteiger partial charge is 0.322 e. The minimum Gasteiger partial charge on any atom is -0.322 e. The maximum absolute atomic E-state index is 12.9. The fourth-order valence-corrected chi connectivity index (χ4v) is 1.94. The summed E-state index contributed by atoms with van der Waals surface area (Å²) in [6.07, 6.45) is 2.92. The number of rotatable bonds is 3. The van der Waals surface area contributed by atoms with Gasteiger partial charge in [0.15, 0.2) is 0 Å². The number of hydrogen-bond acceptors (Lipinski definition) is 4. The summed E-state index contributed by atoms with van der Waals surface area (Å²) in [5, 5.41) is 2.65. The Bertz CT molecular complexity index is 620. The SMILES string of the molecule is NNc1cnccc1C(=O)Nc1ccc(F)cc1Br. The lowest BCUT2D eigenvalue weighted by molar-refractivity contribution is 0.102. The highest BCUT2D eigenvalue weighted by molar-refractivity contribution is 9.10. The summed E-state index contributed by atoms with van der Waals surface area (Å²) < 4.78 is 13.4. The minimum absolute atomic E-state index is 0.341. The van der Waals surface area contributed by atoms with Crippen LogP contribution in [0, 0.1) is 5.82 Å². The smallest absolute Gasteiger partial charge is 0.257 e. The number of carbonyl (C=O) groups excluding carboxylic acids is 1. The van der Waals surface area contributed by atoms with Gasteiger partial charge in [0.1, 0.15) is 5.82 Å². The number of nitrogens with one attached hydrogen (secondary N) is 2. The molecule has 2 rings (SSSR count). The van der Waals surface area contributed by atoms with Crippen LogP contribution in [0.3, 0.4) is 0 Å². The van der Waals surface area contributed by atoms with Gasteiger partial charge in [0.25, 0.3) is 5.91 Å². The van der Waals surface area contributed by atoms with E-state index in [9.17, 15) is 9.18 Å². The number of benzene rings is 1. The first-order valence-electron chi connectivity index (χ1n) is 5.29. The van der Waals surface area contributed by atoms with E-state index in [0.717, 1.165) is 0 Å². The molecule has 0 saturated heterocycles. The Hall–Kier alpha value is -1.99. The zero-order valence-electron chi connectivity index (χ0n) is 9.65. The van der Waals surface area contributed by atoms with Crippen molar-refractivity contribution < 1.29 is 9.18 Å². The highest BCUT2D eigenvalue weighted by atomic mass is 79.9. The van der Waals surface area contributed by atoms with E-state index in [2.05, 4.69) is 31.7 Å². The normalized spacial score (nSPS) is 10.1. The summed E-state index contributed by atoms with van der Waals surface area (Å²) in [7, 11) is 0. The van der Waals surface area contributed by atoms with Gasteiger partial charge in [-0.15, -0.1) is 0 Å². The summed E-state index contributed by atoms with van der Waals surface area (Å²) >= 11 is 3.18. The van der Waals surface area contributed by atoms with Gasteiger partial charge in [-0.25, -0.2) is 4.39 Å². The molecule has 0 atom stereocenters. The first kappa shape index (κ1) is 13.4. The lowest BCUT2D eigenvalue weighted by Gasteiger charge is -2.10. The van der Waals surface area contributed by atoms with Gasteiger partial charge < -0.3 is 10.7 Å². The van der Waals surface area contributed by atoms with E-state index in [-0.39, 0.29) is 5.91 Å². The standard InChI is InChI=1S/C12H10BrFN4O/c13-9-5-7(14)1-2-10(9)17-12(19)8-3-4-16-6-11(8)18-15/h1-6,18H,15H2,(H,17,19). The molecule has 0 spiro atoms. The molecule has 0 fully saturated rings. The maximum Gasteiger partial charge on any atom is 0.257 e. The van der Waals surface area contributed by atoms with Gasteiger partial charge >= 0.3 is 0 Å². The molecule has 0 aliphatic rings. The molecule has 1 aromatic heterocycles. The Morgan fingerprint density at radius 2 is 2.11 bits per heavy atom. The number of nitrogens with zero attached hydrogens (tertiary/aromatic N) is 1. The van der Waals surface area contributed by atoms with Crippen LogP contribution < -0.4 is 16.6 Å². The average molecular weight is 325 g/mol. The molecule has 1 heterocycles. The van der Waals surface area contributed by atoms with E-state index in [0.29, 0.717) is 21.4 Å². The van der Waals surface area contributed by atoms with Crippen LogP contribution in [0.25, 0.3) is 0 Å². The predicted molar refractivity (Wildman–Crippen MR) is 74.1 cm³/mol. The highest BCUT2D eigenvalue weighted by Gasteiger charge is 2.12. The third-order valence-corrected chi connectivity index (χ3v) is 3.06. The molecule has 0 aliphatic heterocycles. The van der Waals surface area contributed by atoms with E-state index < -0.39 is 5.82 Å². The molecule has 0 unspecified atom stereocenters. The summed E-state index contributed by atoms with van der Waals surface area (Å²) in [4.78, 5) is 15.9. The second kappa shape index (κ2) is 5.77. The van der Waals surface area contributed by atoms with Crippen molar-refractivity contribution in [1.29, 1.82) is 0 Å². The molecular formula is C12H10BrFN4O. The van der Waals surface area contributed by atoms with Gasteiger partial charge in [0, 0.05) is 10.7 Å². The molecule has 5 nitrogen and oxygen atoms in total. The average Bonchev–Trinajstić information content (AvgIpc) is 2.41. The van der Waals surface area contributed by atoms with Gasteiger partial charge in [0.2, 0.25) is 0 Å². The van der Waals surface area contributed by atoms with Gasteiger partial charge in [-0.05, 0) is 40.2 Å². The summed E-state index contributed by atoms with van der Waals surface area (Å²) in [6.45, 7) is 0. The molecule has 19 heavy (non-hydrogen) atoms. The van der Waals surface area contributed by atoms with Crippen LogP contribution in [0.15, 0.2) is 41.1 Å². The number of pyridine rings is 1. The minimum atomic E-state index is -0.391. The van der Waals surface area contributed by atoms with Crippen molar-refractivity contribution in [3.8, 4) is 0 Å². The van der Waals surface area contributed by atoms with E-state index in [4.69, 9.17) is 5.84 Å². The number of hydrazine groups is 1. The quantitative estimate of drug-likeness (QED) is 0.598. The molecular weight excluding hydrogens is 315 g/mol. The zero-order chi connectivity index (χ0) is 13.8. The summed E-state index contributed by atoms with van der Waals surface area (Å²) in [6, 6.07) is 5.52. The monoisotopic (exact) mass is 324 g/mol. The Morgan fingerprint density at radius 3 is 2.79 bits per heavy atom. The molecule has 1 amide bonds. The van der Waals surface area contributed by atoms with Crippen LogP contribution >= 0.6 is 15.9 Å². The number of halogens is 2. The van der Waals surface area contributed by atoms with Crippen molar-refractivity contribution in [2.75, 3.05) is 10.7 Å². The molecule has 0 saturated carbocycles. The second-order valence-electron chi connectivity index (χ2n) is 3.64. The van der Waals surface area contributed by atoms with Gasteiger partial charge in [-0.1, -0.05) is 0 Å². The Balaban J connectivity index is 2.26. The molecule has 0 radical (unpaired) electrons. The first-order valence-corrected chi connectivity index (χ1v) is 6.08. The number of amides is 1. The van der Waals surface area contributed by atoms with E-state index in [1.54, 1.807) is 0 Å². The van der Waals surface area contributed by atoms with Crippen molar-refractivity contribution in [3.63, 3.8) is 0 Å². The van der Waals surface area contributed by atoms with Crippen molar-refractivity contribution in [2.45, 2.75) is 0 Å². The lowest BCUT2D eigenvalue weighted by Crippen LogP contribution is -2.17. The molecule has 2 aromatic rings. The van der Waals surface area contributed by atoms with Crippen LogP contribution in [0.4, 0.5) is 15.8 Å². The van der Waals surface area contributed by atoms with Crippen LogP contribution in [0.2, 0.25) is 0 Å². The third kappa shape index (κ3) is 3.07.